The van der Waals surface area contributed by atoms with Crippen LogP contribution in [0.1, 0.15) is 19.3 Å². The summed E-state index contributed by atoms with van der Waals surface area (Å²) in [6, 6.07) is 13.8. The van der Waals surface area contributed by atoms with Crippen LogP contribution in [-0.4, -0.2) is 24.1 Å². The Morgan fingerprint density at radius 1 is 1.05 bits per heavy atom. The molecule has 0 fully saturated rings. The minimum Gasteiger partial charge on any atom is -0.370 e. The monoisotopic (exact) mass is 316 g/mol. The van der Waals surface area contributed by atoms with E-state index in [9.17, 15) is 9.59 Å². The minimum atomic E-state index is -0.458. The molecule has 2 aromatic rings. The second-order valence-corrected chi connectivity index (χ2v) is 5.53. The van der Waals surface area contributed by atoms with Crippen molar-refractivity contribution < 1.29 is 9.59 Å². The summed E-state index contributed by atoms with van der Waals surface area (Å²) in [5, 5.41) is 2.11. The molecule has 0 bridgehead atoms. The molecular weight excluding hydrogens is 296 g/mol. The Labute approximate surface area is 135 Å². The van der Waals surface area contributed by atoms with Crippen LogP contribution in [-0.2, 0) is 9.59 Å². The predicted octanol–water partition coefficient (Wildman–Crippen LogP) is 2.76. The zero-order valence-corrected chi connectivity index (χ0v) is 13.3. The van der Waals surface area contributed by atoms with Gasteiger partial charge >= 0.3 is 0 Å². The van der Waals surface area contributed by atoms with E-state index in [1.54, 1.807) is 4.90 Å². The van der Waals surface area contributed by atoms with Gasteiger partial charge < -0.3 is 10.6 Å². The van der Waals surface area contributed by atoms with Gasteiger partial charge in [0, 0.05) is 24.8 Å². The second-order valence-electron chi connectivity index (χ2n) is 5.09. The molecule has 0 atom stereocenters. The fourth-order valence-electron chi connectivity index (χ4n) is 2.42. The summed E-state index contributed by atoms with van der Waals surface area (Å²) in [6.45, 7) is 0.578. The third kappa shape index (κ3) is 4.01. The number of nitrogens with two attached hydrogens (primary N) is 1. The molecular formula is C17H20N2O2S. The Hall–Kier alpha value is -2.01. The smallest absolute Gasteiger partial charge is 0.227 e. The molecule has 0 spiro atoms. The van der Waals surface area contributed by atoms with Crippen molar-refractivity contribution in [3.8, 4) is 0 Å². The maximum absolute atomic E-state index is 12.5. The number of primary amides is 1. The van der Waals surface area contributed by atoms with Crippen LogP contribution < -0.4 is 10.6 Å². The lowest BCUT2D eigenvalue weighted by atomic mass is 10.1. The first kappa shape index (κ1) is 16.4. The van der Waals surface area contributed by atoms with Gasteiger partial charge in [-0.3, -0.25) is 9.59 Å². The van der Waals surface area contributed by atoms with Crippen molar-refractivity contribution >= 4 is 40.9 Å². The van der Waals surface area contributed by atoms with Gasteiger partial charge in [-0.1, -0.05) is 36.4 Å². The van der Waals surface area contributed by atoms with Gasteiger partial charge in [0.1, 0.15) is 0 Å². The van der Waals surface area contributed by atoms with Gasteiger partial charge in [-0.25, -0.2) is 0 Å². The number of hydrogen-bond acceptors (Lipinski definition) is 3. The van der Waals surface area contributed by atoms with Crippen LogP contribution in [0, 0.1) is 0 Å². The number of carbonyl (C=O) groups is 2. The molecule has 0 saturated carbocycles. The van der Waals surface area contributed by atoms with E-state index in [4.69, 9.17) is 5.73 Å². The largest absolute Gasteiger partial charge is 0.370 e. The Kier molecular flexibility index (Phi) is 5.83. The fraction of sp³-hybridized carbons (Fsp3) is 0.294. The maximum atomic E-state index is 12.5. The van der Waals surface area contributed by atoms with E-state index in [2.05, 4.69) is 12.6 Å². The second kappa shape index (κ2) is 7.84. The molecule has 0 aromatic heterocycles. The van der Waals surface area contributed by atoms with Crippen molar-refractivity contribution in [3.05, 3.63) is 42.5 Å². The Morgan fingerprint density at radius 2 is 1.77 bits per heavy atom. The molecule has 0 unspecified atom stereocenters. The predicted molar refractivity (Wildman–Crippen MR) is 93.2 cm³/mol. The minimum absolute atomic E-state index is 0.0704. The molecule has 0 radical (unpaired) electrons. The Balaban J connectivity index is 2.34. The highest BCUT2D eigenvalue weighted by molar-refractivity contribution is 7.80. The Bertz CT molecular complexity index is 667. The number of amides is 2. The van der Waals surface area contributed by atoms with Gasteiger partial charge in [0.2, 0.25) is 11.8 Å². The number of nitrogens with zero attached hydrogens (tertiary/aromatic N) is 1. The molecule has 0 saturated heterocycles. The van der Waals surface area contributed by atoms with Gasteiger partial charge in [0.05, 0.1) is 5.69 Å². The van der Waals surface area contributed by atoms with E-state index in [0.29, 0.717) is 12.3 Å². The number of rotatable bonds is 7. The van der Waals surface area contributed by atoms with Crippen LogP contribution in [0.3, 0.4) is 0 Å². The van der Waals surface area contributed by atoms with Crippen LogP contribution in [0.4, 0.5) is 5.69 Å². The topological polar surface area (TPSA) is 63.4 Å². The highest BCUT2D eigenvalue weighted by atomic mass is 32.1. The van der Waals surface area contributed by atoms with Crippen molar-refractivity contribution in [2.45, 2.75) is 19.3 Å². The van der Waals surface area contributed by atoms with Gasteiger partial charge in [-0.05, 0) is 23.6 Å². The van der Waals surface area contributed by atoms with Gasteiger partial charge in [0.25, 0.3) is 0 Å². The molecule has 2 aromatic carbocycles. The van der Waals surface area contributed by atoms with Crippen molar-refractivity contribution in [1.29, 1.82) is 0 Å². The number of fused-ring (bicyclic) bond motifs is 1. The molecule has 2 rings (SSSR count). The first-order chi connectivity index (χ1) is 10.6. The molecule has 0 heterocycles. The van der Waals surface area contributed by atoms with Crippen molar-refractivity contribution in [2.75, 3.05) is 17.2 Å². The third-order valence-electron chi connectivity index (χ3n) is 3.48. The van der Waals surface area contributed by atoms with E-state index in [0.717, 1.165) is 22.9 Å². The molecule has 2 N–H and O–H groups in total. The van der Waals surface area contributed by atoms with Crippen molar-refractivity contribution in [3.63, 3.8) is 0 Å². The van der Waals surface area contributed by atoms with Crippen LogP contribution in [0.15, 0.2) is 42.5 Å². The van der Waals surface area contributed by atoms with E-state index in [1.807, 2.05) is 42.5 Å². The standard InChI is InChI=1S/C17H20N2O2S/c18-16(20)9-10-17(21)19(11-4-12-22)15-8-3-6-13-5-1-2-7-14(13)15/h1-3,5-8,22H,4,9-12H2,(H2,18,20). The van der Waals surface area contributed by atoms with E-state index in [-0.39, 0.29) is 18.7 Å². The molecule has 22 heavy (non-hydrogen) atoms. The first-order valence-corrected chi connectivity index (χ1v) is 7.94. The first-order valence-electron chi connectivity index (χ1n) is 7.31. The summed E-state index contributed by atoms with van der Waals surface area (Å²) in [5.74, 6) is 0.155. The molecule has 2 amide bonds. The molecule has 4 nitrogen and oxygen atoms in total. The van der Waals surface area contributed by atoms with E-state index < -0.39 is 5.91 Å². The van der Waals surface area contributed by atoms with Gasteiger partial charge in [0.15, 0.2) is 0 Å². The number of benzene rings is 2. The molecule has 5 heteroatoms. The third-order valence-corrected chi connectivity index (χ3v) is 3.80. The lowest BCUT2D eigenvalue weighted by Gasteiger charge is -2.24. The summed E-state index contributed by atoms with van der Waals surface area (Å²) in [6.07, 6.45) is 0.987. The number of thiol groups is 1. The van der Waals surface area contributed by atoms with Crippen molar-refractivity contribution in [1.82, 2.24) is 0 Å². The van der Waals surface area contributed by atoms with E-state index >= 15 is 0 Å². The van der Waals surface area contributed by atoms with Crippen LogP contribution in [0.25, 0.3) is 10.8 Å². The SMILES string of the molecule is NC(=O)CCC(=O)N(CCCS)c1cccc2ccccc12. The Morgan fingerprint density at radius 3 is 2.50 bits per heavy atom. The highest BCUT2D eigenvalue weighted by Gasteiger charge is 2.17. The van der Waals surface area contributed by atoms with Gasteiger partial charge in [-0.2, -0.15) is 12.6 Å². The summed E-state index contributed by atoms with van der Waals surface area (Å²) < 4.78 is 0. The van der Waals surface area contributed by atoms with Crippen LogP contribution in [0.5, 0.6) is 0 Å². The van der Waals surface area contributed by atoms with Crippen LogP contribution >= 0.6 is 12.6 Å². The average Bonchev–Trinajstić information content (AvgIpc) is 2.53. The maximum Gasteiger partial charge on any atom is 0.227 e. The van der Waals surface area contributed by atoms with Crippen LogP contribution in [0.2, 0.25) is 0 Å². The van der Waals surface area contributed by atoms with E-state index in [1.165, 1.54) is 0 Å². The zero-order valence-electron chi connectivity index (χ0n) is 12.4. The summed E-state index contributed by atoms with van der Waals surface area (Å²) >= 11 is 4.22. The van der Waals surface area contributed by atoms with Crippen molar-refractivity contribution in [2.24, 2.45) is 5.73 Å². The highest BCUT2D eigenvalue weighted by Crippen LogP contribution is 2.27. The lowest BCUT2D eigenvalue weighted by Crippen LogP contribution is -2.33. The summed E-state index contributed by atoms with van der Waals surface area (Å²) in [4.78, 5) is 25.2. The van der Waals surface area contributed by atoms with Gasteiger partial charge in [-0.15, -0.1) is 0 Å². The normalized spacial score (nSPS) is 10.6. The lowest BCUT2D eigenvalue weighted by molar-refractivity contribution is -0.123. The number of carbonyl (C=O) groups excluding carboxylic acids is 2. The number of anilines is 1. The molecule has 0 aliphatic rings. The number of hydrogen-bond donors (Lipinski definition) is 2. The fourth-order valence-corrected chi connectivity index (χ4v) is 2.56. The summed E-state index contributed by atoms with van der Waals surface area (Å²) in [5.41, 5.74) is 6.02. The molecule has 0 aliphatic carbocycles. The zero-order chi connectivity index (χ0) is 15.9. The summed E-state index contributed by atoms with van der Waals surface area (Å²) in [7, 11) is 0. The molecule has 116 valence electrons. The molecule has 0 aliphatic heterocycles. The average molecular weight is 316 g/mol. The quantitative estimate of drug-likeness (QED) is 0.772.